The molecule has 0 atom stereocenters. The van der Waals surface area contributed by atoms with Crippen LogP contribution in [0.2, 0.25) is 0 Å². The Balaban J connectivity index is 1.80. The molecule has 27 heavy (non-hydrogen) atoms. The zero-order valence-corrected chi connectivity index (χ0v) is 16.0. The molecule has 0 spiro atoms. The fourth-order valence-corrected chi connectivity index (χ4v) is 3.57. The van der Waals surface area contributed by atoms with E-state index in [-0.39, 0.29) is 24.7 Å². The van der Waals surface area contributed by atoms with Gasteiger partial charge in [-0.3, -0.25) is 0 Å². The van der Waals surface area contributed by atoms with Crippen LogP contribution in [0.15, 0.2) is 59.1 Å². The molecule has 0 radical (unpaired) electrons. The van der Waals surface area contributed by atoms with Crippen LogP contribution in [0, 0.1) is 0 Å². The molecule has 0 aliphatic heterocycles. The average Bonchev–Trinajstić information content (AvgIpc) is 3.17. The maximum absolute atomic E-state index is 12.5. The molecule has 142 valence electrons. The molecular weight excluding hydrogens is 366 g/mol. The predicted molar refractivity (Wildman–Crippen MR) is 101 cm³/mol. The summed E-state index contributed by atoms with van der Waals surface area (Å²) >= 11 is 0. The van der Waals surface area contributed by atoms with Gasteiger partial charge in [0.15, 0.2) is 0 Å². The maximum Gasteiger partial charge on any atom is 0.242 e. The molecule has 3 rings (SSSR count). The van der Waals surface area contributed by atoms with E-state index in [0.29, 0.717) is 5.82 Å². The van der Waals surface area contributed by atoms with E-state index in [2.05, 4.69) is 10.1 Å². The largest absolute Gasteiger partial charge is 0.497 e. The molecule has 7 nitrogen and oxygen atoms in total. The lowest BCUT2D eigenvalue weighted by atomic mass is 10.2. The highest BCUT2D eigenvalue weighted by atomic mass is 32.2. The lowest BCUT2D eigenvalue weighted by Gasteiger charge is -2.19. The zero-order chi connectivity index (χ0) is 19.3. The van der Waals surface area contributed by atoms with E-state index in [4.69, 9.17) is 9.26 Å². The summed E-state index contributed by atoms with van der Waals surface area (Å²) < 4.78 is 36.7. The van der Waals surface area contributed by atoms with Gasteiger partial charge in [0, 0.05) is 12.1 Å². The average molecular weight is 387 g/mol. The number of hydrogen-bond donors (Lipinski definition) is 0. The van der Waals surface area contributed by atoms with Gasteiger partial charge in [-0.15, -0.1) is 0 Å². The van der Waals surface area contributed by atoms with Crippen LogP contribution in [0.4, 0.5) is 0 Å². The highest BCUT2D eigenvalue weighted by Crippen LogP contribution is 2.21. The fraction of sp³-hybridized carbons (Fsp3) is 0.263. The summed E-state index contributed by atoms with van der Waals surface area (Å²) in [5.74, 6) is 1.37. The van der Waals surface area contributed by atoms with Crippen LogP contribution in [-0.2, 0) is 23.1 Å². The smallest absolute Gasteiger partial charge is 0.242 e. The van der Waals surface area contributed by atoms with Gasteiger partial charge in [0.1, 0.15) is 5.75 Å². The summed E-state index contributed by atoms with van der Waals surface area (Å²) in [5, 5.41) is 3.96. The molecule has 0 aliphatic carbocycles. The van der Waals surface area contributed by atoms with Crippen molar-refractivity contribution in [1.82, 2.24) is 14.4 Å². The van der Waals surface area contributed by atoms with E-state index in [1.165, 1.54) is 4.31 Å². The van der Waals surface area contributed by atoms with Crippen molar-refractivity contribution in [2.24, 2.45) is 0 Å². The maximum atomic E-state index is 12.5. The van der Waals surface area contributed by atoms with Crippen LogP contribution in [0.3, 0.4) is 0 Å². The monoisotopic (exact) mass is 387 g/mol. The number of benzene rings is 2. The zero-order valence-electron chi connectivity index (χ0n) is 15.2. The van der Waals surface area contributed by atoms with Gasteiger partial charge >= 0.3 is 0 Å². The molecule has 1 aromatic heterocycles. The normalized spacial score (nSPS) is 11.7. The number of rotatable bonds is 8. The van der Waals surface area contributed by atoms with Gasteiger partial charge in [0.25, 0.3) is 0 Å². The van der Waals surface area contributed by atoms with Crippen molar-refractivity contribution < 1.29 is 17.7 Å². The van der Waals surface area contributed by atoms with E-state index in [0.717, 1.165) is 16.9 Å². The van der Waals surface area contributed by atoms with Gasteiger partial charge in [-0.1, -0.05) is 35.5 Å². The Labute approximate surface area is 158 Å². The first-order valence-electron chi connectivity index (χ1n) is 8.50. The molecule has 3 aromatic rings. The van der Waals surface area contributed by atoms with Crippen molar-refractivity contribution in [1.29, 1.82) is 0 Å². The number of methoxy groups -OCH3 is 1. The van der Waals surface area contributed by atoms with E-state index >= 15 is 0 Å². The number of aromatic nitrogens is 2. The summed E-state index contributed by atoms with van der Waals surface area (Å²) in [4.78, 5) is 4.34. The third-order valence-electron chi connectivity index (χ3n) is 4.09. The Morgan fingerprint density at radius 2 is 1.74 bits per heavy atom. The van der Waals surface area contributed by atoms with Crippen LogP contribution >= 0.6 is 0 Å². The van der Waals surface area contributed by atoms with Crippen LogP contribution in [0.25, 0.3) is 11.4 Å². The van der Waals surface area contributed by atoms with Gasteiger partial charge in [0.2, 0.25) is 21.7 Å². The molecule has 8 heteroatoms. The van der Waals surface area contributed by atoms with Crippen molar-refractivity contribution in [2.75, 3.05) is 12.9 Å². The van der Waals surface area contributed by atoms with Gasteiger partial charge in [-0.2, -0.15) is 9.29 Å². The third kappa shape index (κ3) is 4.72. The molecule has 0 bridgehead atoms. The molecule has 0 unspecified atom stereocenters. The van der Waals surface area contributed by atoms with Gasteiger partial charge in [0.05, 0.1) is 19.4 Å². The van der Waals surface area contributed by atoms with Gasteiger partial charge in [-0.25, -0.2) is 8.42 Å². The molecule has 0 saturated carbocycles. The van der Waals surface area contributed by atoms with Crippen molar-refractivity contribution >= 4 is 10.0 Å². The number of nitrogens with zero attached hydrogens (tertiary/aromatic N) is 3. The van der Waals surface area contributed by atoms with E-state index in [9.17, 15) is 8.42 Å². The minimum absolute atomic E-state index is 0.000687. The molecule has 0 saturated heterocycles. The second-order valence-electron chi connectivity index (χ2n) is 5.89. The number of ether oxygens (including phenoxy) is 1. The predicted octanol–water partition coefficient (Wildman–Crippen LogP) is 3.10. The SMILES string of the molecule is CCS(=O)(=O)N(Cc1ccccc1)Cc1nc(-c2ccc(OC)cc2)no1. The molecule has 0 fully saturated rings. The Morgan fingerprint density at radius 1 is 1.04 bits per heavy atom. The third-order valence-corrected chi connectivity index (χ3v) is 5.86. The summed E-state index contributed by atoms with van der Waals surface area (Å²) in [6.45, 7) is 1.88. The van der Waals surface area contributed by atoms with Gasteiger partial charge in [-0.05, 0) is 36.8 Å². The van der Waals surface area contributed by atoms with Crippen LogP contribution in [0.1, 0.15) is 18.4 Å². The Morgan fingerprint density at radius 3 is 2.37 bits per heavy atom. The Bertz CT molecular complexity index is 970. The van der Waals surface area contributed by atoms with Crippen molar-refractivity contribution in [3.05, 3.63) is 66.1 Å². The molecule has 0 N–H and O–H groups in total. The Kier molecular flexibility index (Phi) is 5.88. The molecular formula is C19H21N3O4S. The molecule has 1 heterocycles. The van der Waals surface area contributed by atoms with Crippen LogP contribution < -0.4 is 4.74 Å². The van der Waals surface area contributed by atoms with E-state index in [1.54, 1.807) is 26.2 Å². The minimum atomic E-state index is -3.43. The summed E-state index contributed by atoms with van der Waals surface area (Å²) in [6.07, 6.45) is 0. The molecule has 0 amide bonds. The summed E-state index contributed by atoms with van der Waals surface area (Å²) in [7, 11) is -1.84. The fourth-order valence-electron chi connectivity index (χ4n) is 2.55. The Hall–Kier alpha value is -2.71. The quantitative estimate of drug-likeness (QED) is 0.590. The van der Waals surface area contributed by atoms with E-state index in [1.807, 2.05) is 42.5 Å². The van der Waals surface area contributed by atoms with Crippen molar-refractivity contribution in [3.8, 4) is 17.1 Å². The lowest BCUT2D eigenvalue weighted by Crippen LogP contribution is -2.31. The van der Waals surface area contributed by atoms with Crippen LogP contribution in [0.5, 0.6) is 5.75 Å². The van der Waals surface area contributed by atoms with Gasteiger partial charge < -0.3 is 9.26 Å². The topological polar surface area (TPSA) is 85.5 Å². The first-order chi connectivity index (χ1) is 13.0. The van der Waals surface area contributed by atoms with E-state index < -0.39 is 10.0 Å². The van der Waals surface area contributed by atoms with Crippen molar-refractivity contribution in [2.45, 2.75) is 20.0 Å². The first kappa shape index (κ1) is 19.1. The van der Waals surface area contributed by atoms with Crippen LogP contribution in [-0.4, -0.2) is 35.7 Å². The second-order valence-corrected chi connectivity index (χ2v) is 8.15. The number of sulfonamides is 1. The summed E-state index contributed by atoms with van der Waals surface area (Å²) in [6, 6.07) is 16.6. The first-order valence-corrected chi connectivity index (χ1v) is 10.1. The lowest BCUT2D eigenvalue weighted by molar-refractivity contribution is 0.312. The van der Waals surface area contributed by atoms with Crippen molar-refractivity contribution in [3.63, 3.8) is 0 Å². The summed E-state index contributed by atoms with van der Waals surface area (Å²) in [5.41, 5.74) is 1.66. The standard InChI is InChI=1S/C19H21N3O4S/c1-3-27(23,24)22(13-15-7-5-4-6-8-15)14-18-20-19(21-26-18)16-9-11-17(25-2)12-10-16/h4-12H,3,13-14H2,1-2H3. The highest BCUT2D eigenvalue weighted by molar-refractivity contribution is 7.89. The highest BCUT2D eigenvalue weighted by Gasteiger charge is 2.23. The second kappa shape index (κ2) is 8.32. The minimum Gasteiger partial charge on any atom is -0.497 e. The molecule has 2 aromatic carbocycles. The molecule has 0 aliphatic rings. The number of hydrogen-bond acceptors (Lipinski definition) is 6.